The average molecular weight is 408 g/mol. The Morgan fingerprint density at radius 3 is 2.56 bits per heavy atom. The van der Waals surface area contributed by atoms with Gasteiger partial charge in [0.1, 0.15) is 5.75 Å². The Hall–Kier alpha value is -2.05. The fourth-order valence-electron chi connectivity index (χ4n) is 3.25. The molecule has 1 fully saturated rings. The molecule has 3 rings (SSSR count). The van der Waals surface area contributed by atoms with E-state index in [2.05, 4.69) is 0 Å². The third-order valence-corrected chi connectivity index (χ3v) is 6.55. The first-order chi connectivity index (χ1) is 12.9. The Bertz CT molecular complexity index is 912. The molecule has 0 aromatic heterocycles. The normalized spacial score (nSPS) is 18.2. The van der Waals surface area contributed by atoms with Gasteiger partial charge in [0.05, 0.1) is 18.1 Å². The van der Waals surface area contributed by atoms with E-state index >= 15 is 0 Å². The second kappa shape index (κ2) is 8.31. The third-order valence-electron chi connectivity index (χ3n) is 4.56. The van der Waals surface area contributed by atoms with Gasteiger partial charge < -0.3 is 9.64 Å². The Morgan fingerprint density at radius 1 is 1.22 bits per heavy atom. The molecule has 0 aliphatic carbocycles. The Morgan fingerprint density at radius 2 is 1.96 bits per heavy atom. The number of hydrogen-bond donors (Lipinski definition) is 0. The number of carbonyl (C=O) groups excluding carboxylic acids is 1. The highest BCUT2D eigenvalue weighted by atomic mass is 35.5. The fraction of sp³-hybridized carbons (Fsp3) is 0.350. The van der Waals surface area contributed by atoms with Crippen LogP contribution in [0.2, 0.25) is 5.02 Å². The van der Waals surface area contributed by atoms with Crippen LogP contribution in [0.15, 0.2) is 48.5 Å². The van der Waals surface area contributed by atoms with Crippen molar-refractivity contribution in [1.29, 1.82) is 0 Å². The molecule has 1 amide bonds. The molecular weight excluding hydrogens is 386 g/mol. The van der Waals surface area contributed by atoms with E-state index < -0.39 is 9.84 Å². The highest BCUT2D eigenvalue weighted by Crippen LogP contribution is 2.24. The van der Waals surface area contributed by atoms with E-state index in [1.165, 1.54) is 0 Å². The van der Waals surface area contributed by atoms with Gasteiger partial charge in [-0.05, 0) is 55.3 Å². The van der Waals surface area contributed by atoms with Crippen LogP contribution in [0.4, 0.5) is 0 Å². The zero-order valence-corrected chi connectivity index (χ0v) is 16.7. The number of sulfone groups is 1. The summed E-state index contributed by atoms with van der Waals surface area (Å²) in [5.41, 5.74) is 1.37. The van der Waals surface area contributed by atoms with Crippen LogP contribution in [0.25, 0.3) is 0 Å². The molecule has 5 nitrogen and oxygen atoms in total. The van der Waals surface area contributed by atoms with Gasteiger partial charge in [-0.15, -0.1) is 0 Å². The van der Waals surface area contributed by atoms with E-state index in [4.69, 9.17) is 16.3 Å². The summed E-state index contributed by atoms with van der Waals surface area (Å²) in [6.07, 6.45) is 0.450. The summed E-state index contributed by atoms with van der Waals surface area (Å²) in [6.45, 7) is 2.76. The van der Waals surface area contributed by atoms with Crippen molar-refractivity contribution in [2.24, 2.45) is 0 Å². The summed E-state index contributed by atoms with van der Waals surface area (Å²) in [5.74, 6) is 0.607. The van der Waals surface area contributed by atoms with Crippen LogP contribution in [-0.2, 0) is 16.4 Å². The molecule has 1 atom stereocenters. The largest absolute Gasteiger partial charge is 0.494 e. The van der Waals surface area contributed by atoms with Crippen LogP contribution in [0, 0.1) is 0 Å². The lowest BCUT2D eigenvalue weighted by molar-refractivity contribution is 0.0681. The average Bonchev–Trinajstić information content (AvgIpc) is 3.00. The number of ether oxygens (including phenoxy) is 1. The lowest BCUT2D eigenvalue weighted by Crippen LogP contribution is -2.40. The summed E-state index contributed by atoms with van der Waals surface area (Å²) in [7, 11) is -3.11. The monoisotopic (exact) mass is 407 g/mol. The van der Waals surface area contributed by atoms with Crippen molar-refractivity contribution in [3.63, 3.8) is 0 Å². The Kier molecular flexibility index (Phi) is 6.07. The molecule has 144 valence electrons. The van der Waals surface area contributed by atoms with Gasteiger partial charge in [-0.3, -0.25) is 4.79 Å². The number of benzene rings is 2. The number of amides is 1. The molecule has 1 aliphatic heterocycles. The molecule has 1 saturated heterocycles. The van der Waals surface area contributed by atoms with Crippen LogP contribution < -0.4 is 4.74 Å². The molecule has 0 saturated carbocycles. The zero-order chi connectivity index (χ0) is 19.4. The smallest absolute Gasteiger partial charge is 0.254 e. The van der Waals surface area contributed by atoms with Gasteiger partial charge in [0.2, 0.25) is 0 Å². The van der Waals surface area contributed by atoms with Crippen LogP contribution in [0.5, 0.6) is 5.75 Å². The minimum atomic E-state index is -3.11. The maximum absolute atomic E-state index is 13.2. The second-order valence-corrected chi connectivity index (χ2v) is 9.24. The molecule has 27 heavy (non-hydrogen) atoms. The third kappa shape index (κ3) is 5.02. The predicted molar refractivity (Wildman–Crippen MR) is 106 cm³/mol. The number of hydrogen-bond acceptors (Lipinski definition) is 4. The first-order valence-electron chi connectivity index (χ1n) is 8.86. The van der Waals surface area contributed by atoms with Crippen molar-refractivity contribution >= 4 is 27.3 Å². The predicted octanol–water partition coefficient (Wildman–Crippen LogP) is 3.57. The van der Waals surface area contributed by atoms with E-state index in [0.717, 1.165) is 5.56 Å². The first kappa shape index (κ1) is 19.7. The number of carbonyl (C=O) groups is 1. The SMILES string of the molecule is CCOc1ccc(C(=O)N(Cc2cccc(Cl)c2)[C@H]2CCS(=O)(=O)C2)cc1. The minimum Gasteiger partial charge on any atom is -0.494 e. The first-order valence-corrected chi connectivity index (χ1v) is 11.1. The zero-order valence-electron chi connectivity index (χ0n) is 15.1. The quantitative estimate of drug-likeness (QED) is 0.734. The van der Waals surface area contributed by atoms with Crippen molar-refractivity contribution in [1.82, 2.24) is 4.90 Å². The lowest BCUT2D eigenvalue weighted by Gasteiger charge is -2.28. The van der Waals surface area contributed by atoms with Gasteiger partial charge >= 0.3 is 0 Å². The highest BCUT2D eigenvalue weighted by molar-refractivity contribution is 7.91. The maximum Gasteiger partial charge on any atom is 0.254 e. The van der Waals surface area contributed by atoms with Crippen molar-refractivity contribution in [3.05, 3.63) is 64.7 Å². The standard InChI is InChI=1S/C20H22ClNO4S/c1-2-26-19-8-6-16(7-9-19)20(23)22(18-10-11-27(24,25)14-18)13-15-4-3-5-17(21)12-15/h3-9,12,18H,2,10-11,13-14H2,1H3/t18-/m0/s1. The Labute approximate surface area is 164 Å². The number of halogens is 1. The molecule has 0 unspecified atom stereocenters. The van der Waals surface area contributed by atoms with E-state index in [1.54, 1.807) is 41.3 Å². The highest BCUT2D eigenvalue weighted by Gasteiger charge is 2.35. The summed E-state index contributed by atoms with van der Waals surface area (Å²) >= 11 is 6.06. The van der Waals surface area contributed by atoms with Crippen molar-refractivity contribution in [2.75, 3.05) is 18.1 Å². The van der Waals surface area contributed by atoms with Gasteiger partial charge in [0.25, 0.3) is 5.91 Å². The molecular formula is C20H22ClNO4S. The van der Waals surface area contributed by atoms with Crippen molar-refractivity contribution < 1.29 is 17.9 Å². The van der Waals surface area contributed by atoms with E-state index in [-0.39, 0.29) is 23.5 Å². The second-order valence-electron chi connectivity index (χ2n) is 6.58. The molecule has 2 aromatic carbocycles. The Balaban J connectivity index is 1.87. The molecule has 0 N–H and O–H groups in total. The van der Waals surface area contributed by atoms with Crippen LogP contribution in [-0.4, -0.2) is 43.4 Å². The van der Waals surface area contributed by atoms with E-state index in [9.17, 15) is 13.2 Å². The molecule has 1 aliphatic rings. The number of nitrogens with zero attached hydrogens (tertiary/aromatic N) is 1. The van der Waals surface area contributed by atoms with Gasteiger partial charge in [-0.1, -0.05) is 23.7 Å². The summed E-state index contributed by atoms with van der Waals surface area (Å²) in [6, 6.07) is 13.8. The fourth-order valence-corrected chi connectivity index (χ4v) is 5.19. The van der Waals surface area contributed by atoms with Crippen LogP contribution in [0.3, 0.4) is 0 Å². The van der Waals surface area contributed by atoms with Gasteiger partial charge in [-0.25, -0.2) is 8.42 Å². The molecule has 0 bridgehead atoms. The van der Waals surface area contributed by atoms with E-state index in [0.29, 0.717) is 35.9 Å². The van der Waals surface area contributed by atoms with Crippen LogP contribution >= 0.6 is 11.6 Å². The summed E-state index contributed by atoms with van der Waals surface area (Å²) < 4.78 is 29.3. The minimum absolute atomic E-state index is 0.00364. The van der Waals surface area contributed by atoms with Crippen LogP contribution in [0.1, 0.15) is 29.3 Å². The van der Waals surface area contributed by atoms with Gasteiger partial charge in [0.15, 0.2) is 9.84 Å². The maximum atomic E-state index is 13.2. The molecule has 2 aromatic rings. The molecule has 0 spiro atoms. The van der Waals surface area contributed by atoms with Crippen molar-refractivity contribution in [2.45, 2.75) is 25.9 Å². The summed E-state index contributed by atoms with van der Waals surface area (Å²) in [5, 5.41) is 0.583. The van der Waals surface area contributed by atoms with Gasteiger partial charge in [0, 0.05) is 23.2 Å². The molecule has 0 radical (unpaired) electrons. The topological polar surface area (TPSA) is 63.7 Å². The molecule has 7 heteroatoms. The summed E-state index contributed by atoms with van der Waals surface area (Å²) in [4.78, 5) is 14.8. The van der Waals surface area contributed by atoms with Crippen molar-refractivity contribution in [3.8, 4) is 5.75 Å². The lowest BCUT2D eigenvalue weighted by atomic mass is 10.1. The van der Waals surface area contributed by atoms with E-state index in [1.807, 2.05) is 19.1 Å². The van der Waals surface area contributed by atoms with Gasteiger partial charge in [-0.2, -0.15) is 0 Å². The molecule has 1 heterocycles. The number of rotatable bonds is 6.